The summed E-state index contributed by atoms with van der Waals surface area (Å²) in [5.41, 5.74) is 4.09. The van der Waals surface area contributed by atoms with Crippen LogP contribution in [0.25, 0.3) is 22.0 Å². The number of anilines is 1. The first-order valence-corrected chi connectivity index (χ1v) is 12.2. The van der Waals surface area contributed by atoms with Gasteiger partial charge < -0.3 is 5.32 Å². The van der Waals surface area contributed by atoms with Crippen molar-refractivity contribution < 1.29 is 8.42 Å². The van der Waals surface area contributed by atoms with Crippen molar-refractivity contribution in [1.29, 1.82) is 0 Å². The van der Waals surface area contributed by atoms with Gasteiger partial charge in [0.1, 0.15) is 5.82 Å². The minimum absolute atomic E-state index is 0.219. The van der Waals surface area contributed by atoms with E-state index in [9.17, 15) is 8.42 Å². The van der Waals surface area contributed by atoms with Gasteiger partial charge in [0.05, 0.1) is 16.6 Å². The molecule has 3 heterocycles. The Morgan fingerprint density at radius 2 is 1.72 bits per heavy atom. The molecule has 0 saturated carbocycles. The number of sulfonamides is 1. The summed E-state index contributed by atoms with van der Waals surface area (Å²) in [4.78, 5) is 4.72. The van der Waals surface area contributed by atoms with Crippen LogP contribution in [0.15, 0.2) is 71.9 Å². The van der Waals surface area contributed by atoms with Crippen LogP contribution in [0.2, 0.25) is 0 Å². The number of pyridine rings is 1. The molecule has 8 heteroatoms. The molecule has 32 heavy (non-hydrogen) atoms. The number of hydrogen-bond donors (Lipinski definition) is 2. The van der Waals surface area contributed by atoms with Gasteiger partial charge in [0, 0.05) is 30.7 Å². The van der Waals surface area contributed by atoms with Gasteiger partial charge in [-0.05, 0) is 66.8 Å². The molecule has 2 aromatic heterocycles. The van der Waals surface area contributed by atoms with Crippen LogP contribution in [0.5, 0.6) is 0 Å². The van der Waals surface area contributed by atoms with Crippen LogP contribution in [0.4, 0.5) is 5.82 Å². The fourth-order valence-electron chi connectivity index (χ4n) is 4.09. The third kappa shape index (κ3) is 4.11. The smallest absolute Gasteiger partial charge is 0.243 e. The van der Waals surface area contributed by atoms with E-state index in [4.69, 9.17) is 0 Å². The zero-order valence-corrected chi connectivity index (χ0v) is 18.6. The second-order valence-electron chi connectivity index (χ2n) is 8.24. The van der Waals surface area contributed by atoms with Crippen LogP contribution in [-0.2, 0) is 10.0 Å². The first-order chi connectivity index (χ1) is 15.5. The van der Waals surface area contributed by atoms with E-state index < -0.39 is 10.0 Å². The van der Waals surface area contributed by atoms with E-state index in [1.165, 1.54) is 0 Å². The lowest BCUT2D eigenvalue weighted by molar-refractivity contribution is 0.329. The number of aromatic amines is 1. The molecule has 0 aliphatic carbocycles. The molecule has 0 bridgehead atoms. The first kappa shape index (κ1) is 20.7. The summed E-state index contributed by atoms with van der Waals surface area (Å²) in [5, 5.41) is 11.4. The van der Waals surface area contributed by atoms with Gasteiger partial charge in [-0.25, -0.2) is 13.4 Å². The normalized spacial score (nSPS) is 15.8. The number of aromatic nitrogens is 3. The molecule has 1 aliphatic heterocycles. The summed E-state index contributed by atoms with van der Waals surface area (Å²) in [6, 6.07) is 17.4. The highest BCUT2D eigenvalue weighted by atomic mass is 32.2. The number of benzene rings is 2. The van der Waals surface area contributed by atoms with Gasteiger partial charge in [-0.15, -0.1) is 0 Å². The van der Waals surface area contributed by atoms with Gasteiger partial charge >= 0.3 is 0 Å². The van der Waals surface area contributed by atoms with Gasteiger partial charge in [0.25, 0.3) is 0 Å². The lowest BCUT2D eigenvalue weighted by atomic mass is 10.0. The van der Waals surface area contributed by atoms with Crippen LogP contribution in [-0.4, -0.2) is 47.0 Å². The number of nitrogens with one attached hydrogen (secondary N) is 2. The number of hydrogen-bond acceptors (Lipinski definition) is 5. The molecule has 4 aromatic rings. The number of nitrogens with zero attached hydrogens (tertiary/aromatic N) is 3. The molecule has 1 fully saturated rings. The van der Waals surface area contributed by atoms with Gasteiger partial charge in [-0.1, -0.05) is 24.3 Å². The SMILES string of the molecule is Cc1ccc(NC2CCN(S(=O)(=O)c3ccc(-c4ccc5[nH]ncc5c4)cc3)CC2)nc1. The van der Waals surface area contributed by atoms with E-state index in [1.807, 2.05) is 55.6 Å². The van der Waals surface area contributed by atoms with Crippen molar-refractivity contribution in [3.05, 3.63) is 72.6 Å². The molecule has 1 saturated heterocycles. The van der Waals surface area contributed by atoms with E-state index >= 15 is 0 Å². The molecular formula is C24H25N5O2S. The highest BCUT2D eigenvalue weighted by molar-refractivity contribution is 7.89. The maximum absolute atomic E-state index is 13.2. The predicted octanol–water partition coefficient (Wildman–Crippen LogP) is 4.20. The zero-order chi connectivity index (χ0) is 22.1. The van der Waals surface area contributed by atoms with E-state index in [1.54, 1.807) is 22.6 Å². The lowest BCUT2D eigenvalue weighted by Crippen LogP contribution is -2.42. The number of aryl methyl sites for hydroxylation is 1. The fraction of sp³-hybridized carbons (Fsp3) is 0.250. The second-order valence-corrected chi connectivity index (χ2v) is 10.2. The van der Waals surface area contributed by atoms with Crippen molar-refractivity contribution >= 4 is 26.7 Å². The van der Waals surface area contributed by atoms with Crippen molar-refractivity contribution in [2.24, 2.45) is 0 Å². The zero-order valence-electron chi connectivity index (χ0n) is 17.8. The number of rotatable bonds is 5. The Balaban J connectivity index is 1.26. The molecule has 0 unspecified atom stereocenters. The van der Waals surface area contributed by atoms with E-state index in [0.717, 1.165) is 46.3 Å². The van der Waals surface area contributed by atoms with Gasteiger partial charge in [0.2, 0.25) is 10.0 Å². The van der Waals surface area contributed by atoms with Crippen molar-refractivity contribution in [2.45, 2.75) is 30.7 Å². The molecule has 0 amide bonds. The van der Waals surface area contributed by atoms with E-state index in [0.29, 0.717) is 18.0 Å². The minimum atomic E-state index is -3.51. The standard InChI is InChI=1S/C24H25N5O2S/c1-17-2-9-24(25-15-17)27-21-10-12-29(13-11-21)32(30,31)22-6-3-18(4-7-22)19-5-8-23-20(14-19)16-26-28-23/h2-9,14-16,21H,10-13H2,1H3,(H,25,27)(H,26,28). The van der Waals surface area contributed by atoms with Crippen LogP contribution >= 0.6 is 0 Å². The summed E-state index contributed by atoms with van der Waals surface area (Å²) in [6.07, 6.45) is 5.11. The van der Waals surface area contributed by atoms with Crippen molar-refractivity contribution in [3.63, 3.8) is 0 Å². The Morgan fingerprint density at radius 1 is 0.969 bits per heavy atom. The van der Waals surface area contributed by atoms with Crippen LogP contribution < -0.4 is 5.32 Å². The molecule has 1 aliphatic rings. The molecule has 2 N–H and O–H groups in total. The van der Waals surface area contributed by atoms with E-state index in [2.05, 4.69) is 20.5 Å². The fourth-order valence-corrected chi connectivity index (χ4v) is 5.56. The predicted molar refractivity (Wildman–Crippen MR) is 126 cm³/mol. The lowest BCUT2D eigenvalue weighted by Gasteiger charge is -2.32. The monoisotopic (exact) mass is 447 g/mol. The number of piperidine rings is 1. The highest BCUT2D eigenvalue weighted by Gasteiger charge is 2.29. The van der Waals surface area contributed by atoms with Crippen molar-refractivity contribution in [1.82, 2.24) is 19.5 Å². The number of H-pyrrole nitrogens is 1. The highest BCUT2D eigenvalue weighted by Crippen LogP contribution is 2.27. The minimum Gasteiger partial charge on any atom is -0.367 e. The number of fused-ring (bicyclic) bond motifs is 1. The molecule has 0 radical (unpaired) electrons. The molecule has 2 aromatic carbocycles. The quantitative estimate of drug-likeness (QED) is 0.479. The molecule has 7 nitrogen and oxygen atoms in total. The molecule has 0 spiro atoms. The van der Waals surface area contributed by atoms with Crippen molar-refractivity contribution in [3.8, 4) is 11.1 Å². The first-order valence-electron chi connectivity index (χ1n) is 10.7. The Kier molecular flexibility index (Phi) is 5.40. The maximum atomic E-state index is 13.2. The third-order valence-electron chi connectivity index (χ3n) is 5.98. The van der Waals surface area contributed by atoms with Crippen molar-refractivity contribution in [2.75, 3.05) is 18.4 Å². The Hall–Kier alpha value is -3.23. The van der Waals surface area contributed by atoms with Gasteiger partial charge in [-0.2, -0.15) is 9.40 Å². The van der Waals surface area contributed by atoms with Crippen LogP contribution in [0, 0.1) is 6.92 Å². The second kappa shape index (κ2) is 8.37. The average Bonchev–Trinajstić information content (AvgIpc) is 3.29. The molecular weight excluding hydrogens is 422 g/mol. The molecule has 5 rings (SSSR count). The largest absolute Gasteiger partial charge is 0.367 e. The molecule has 164 valence electrons. The third-order valence-corrected chi connectivity index (χ3v) is 7.90. The summed E-state index contributed by atoms with van der Waals surface area (Å²) in [5.74, 6) is 0.834. The summed E-state index contributed by atoms with van der Waals surface area (Å²) in [7, 11) is -3.51. The Morgan fingerprint density at radius 3 is 2.44 bits per heavy atom. The molecule has 0 atom stereocenters. The van der Waals surface area contributed by atoms with Gasteiger partial charge in [0.15, 0.2) is 0 Å². The topological polar surface area (TPSA) is 91.0 Å². The summed E-state index contributed by atoms with van der Waals surface area (Å²) < 4.78 is 27.9. The average molecular weight is 448 g/mol. The van der Waals surface area contributed by atoms with Crippen LogP contribution in [0.3, 0.4) is 0 Å². The van der Waals surface area contributed by atoms with Gasteiger partial charge in [-0.3, -0.25) is 5.10 Å². The Labute approximate surface area is 187 Å². The van der Waals surface area contributed by atoms with E-state index in [-0.39, 0.29) is 6.04 Å². The summed E-state index contributed by atoms with van der Waals surface area (Å²) in [6.45, 7) is 2.99. The Bertz CT molecular complexity index is 1320. The maximum Gasteiger partial charge on any atom is 0.243 e. The van der Waals surface area contributed by atoms with Crippen LogP contribution in [0.1, 0.15) is 18.4 Å². The summed E-state index contributed by atoms with van der Waals surface area (Å²) >= 11 is 0.